The summed E-state index contributed by atoms with van der Waals surface area (Å²) in [5.41, 5.74) is 0.313. The second-order valence-electron chi connectivity index (χ2n) is 5.05. The zero-order valence-electron chi connectivity index (χ0n) is 10.2. The standard InChI is InChI=1S/C13H14ClFO3S/c14-10-2-1-9(5-11(10)15)7-19(18)8-13(3-4-13)6-12(16)17/h1-2,5H,3-4,6-8H2,(H,16,17). The van der Waals surface area contributed by atoms with Crippen LogP contribution in [0.4, 0.5) is 4.39 Å². The lowest BCUT2D eigenvalue weighted by Crippen LogP contribution is -2.17. The van der Waals surface area contributed by atoms with Crippen molar-refractivity contribution in [3.63, 3.8) is 0 Å². The van der Waals surface area contributed by atoms with Crippen molar-refractivity contribution in [3.8, 4) is 0 Å². The van der Waals surface area contributed by atoms with Gasteiger partial charge in [0.25, 0.3) is 0 Å². The van der Waals surface area contributed by atoms with E-state index in [1.165, 1.54) is 12.1 Å². The first-order chi connectivity index (χ1) is 8.90. The van der Waals surface area contributed by atoms with Gasteiger partial charge in [-0.1, -0.05) is 17.7 Å². The maximum atomic E-state index is 13.2. The molecule has 19 heavy (non-hydrogen) atoms. The lowest BCUT2D eigenvalue weighted by atomic mass is 10.1. The number of carboxylic acid groups (broad SMARTS) is 1. The summed E-state index contributed by atoms with van der Waals surface area (Å²) in [6, 6.07) is 4.35. The van der Waals surface area contributed by atoms with Crippen LogP contribution in [-0.4, -0.2) is 21.0 Å². The Kier molecular flexibility index (Phi) is 4.26. The molecule has 1 aliphatic carbocycles. The summed E-state index contributed by atoms with van der Waals surface area (Å²) in [5, 5.41) is 8.84. The minimum atomic E-state index is -1.18. The summed E-state index contributed by atoms with van der Waals surface area (Å²) < 4.78 is 25.3. The predicted octanol–water partition coefficient (Wildman–Crippen LogP) is 2.98. The van der Waals surface area contributed by atoms with Crippen LogP contribution in [0, 0.1) is 11.2 Å². The highest BCUT2D eigenvalue weighted by molar-refractivity contribution is 7.84. The number of carbonyl (C=O) groups is 1. The molecule has 1 unspecified atom stereocenters. The van der Waals surface area contributed by atoms with Gasteiger partial charge in [-0.05, 0) is 36.0 Å². The molecule has 0 saturated heterocycles. The minimum Gasteiger partial charge on any atom is -0.481 e. The molecular formula is C13H14ClFO3S. The van der Waals surface area contributed by atoms with E-state index in [1.54, 1.807) is 6.07 Å². The fourth-order valence-electron chi connectivity index (χ4n) is 2.08. The Morgan fingerprint density at radius 1 is 1.47 bits per heavy atom. The van der Waals surface area contributed by atoms with Crippen molar-refractivity contribution in [2.24, 2.45) is 5.41 Å². The average Bonchev–Trinajstić information content (AvgIpc) is 3.01. The molecule has 0 aromatic heterocycles. The van der Waals surface area contributed by atoms with Gasteiger partial charge in [0.2, 0.25) is 0 Å². The van der Waals surface area contributed by atoms with Crippen molar-refractivity contribution in [2.75, 3.05) is 5.75 Å². The average molecular weight is 305 g/mol. The number of carboxylic acids is 1. The van der Waals surface area contributed by atoms with Crippen LogP contribution in [0.15, 0.2) is 18.2 Å². The smallest absolute Gasteiger partial charge is 0.303 e. The van der Waals surface area contributed by atoms with Gasteiger partial charge in [-0.2, -0.15) is 0 Å². The third-order valence-electron chi connectivity index (χ3n) is 3.26. The van der Waals surface area contributed by atoms with Gasteiger partial charge in [0.15, 0.2) is 0 Å². The lowest BCUT2D eigenvalue weighted by Gasteiger charge is -2.12. The number of halogens is 2. The second kappa shape index (κ2) is 5.59. The summed E-state index contributed by atoms with van der Waals surface area (Å²) in [7, 11) is -1.18. The normalized spacial score (nSPS) is 18.0. The first-order valence-electron chi connectivity index (χ1n) is 5.91. The van der Waals surface area contributed by atoms with Crippen LogP contribution in [0.25, 0.3) is 0 Å². The molecule has 2 rings (SSSR count). The first-order valence-corrected chi connectivity index (χ1v) is 7.78. The molecule has 0 aliphatic heterocycles. The van der Waals surface area contributed by atoms with Crippen LogP contribution in [-0.2, 0) is 21.3 Å². The van der Waals surface area contributed by atoms with E-state index in [2.05, 4.69) is 0 Å². The topological polar surface area (TPSA) is 54.4 Å². The Labute approximate surface area is 118 Å². The quantitative estimate of drug-likeness (QED) is 0.879. The van der Waals surface area contributed by atoms with Gasteiger partial charge < -0.3 is 5.11 Å². The van der Waals surface area contributed by atoms with Crippen molar-refractivity contribution >= 4 is 28.4 Å². The molecule has 0 spiro atoms. The van der Waals surface area contributed by atoms with Crippen molar-refractivity contribution in [1.29, 1.82) is 0 Å². The highest BCUT2D eigenvalue weighted by Crippen LogP contribution is 2.49. The molecular weight excluding hydrogens is 291 g/mol. The van der Waals surface area contributed by atoms with E-state index in [9.17, 15) is 13.4 Å². The molecule has 6 heteroatoms. The van der Waals surface area contributed by atoms with E-state index in [4.69, 9.17) is 16.7 Å². The Morgan fingerprint density at radius 2 is 2.16 bits per heavy atom. The fourth-order valence-corrected chi connectivity index (χ4v) is 3.92. The van der Waals surface area contributed by atoms with Gasteiger partial charge >= 0.3 is 5.97 Å². The Hall–Kier alpha value is -0.940. The molecule has 1 N–H and O–H groups in total. The van der Waals surface area contributed by atoms with Crippen molar-refractivity contribution in [2.45, 2.75) is 25.0 Å². The maximum absolute atomic E-state index is 13.2. The molecule has 3 nitrogen and oxygen atoms in total. The van der Waals surface area contributed by atoms with Crippen molar-refractivity contribution < 1.29 is 18.5 Å². The summed E-state index contributed by atoms with van der Waals surface area (Å²) in [6.45, 7) is 0. The van der Waals surface area contributed by atoms with Crippen LogP contribution in [0.1, 0.15) is 24.8 Å². The molecule has 0 bridgehead atoms. The molecule has 0 radical (unpaired) electrons. The Balaban J connectivity index is 1.94. The number of rotatable bonds is 6. The van der Waals surface area contributed by atoms with E-state index in [0.717, 1.165) is 12.8 Å². The third kappa shape index (κ3) is 4.01. The molecule has 1 aromatic carbocycles. The van der Waals surface area contributed by atoms with E-state index in [0.29, 0.717) is 11.3 Å². The highest BCUT2D eigenvalue weighted by Gasteiger charge is 2.45. The number of benzene rings is 1. The summed E-state index contributed by atoms with van der Waals surface area (Å²) in [5.74, 6) is -0.784. The maximum Gasteiger partial charge on any atom is 0.303 e. The third-order valence-corrected chi connectivity index (χ3v) is 5.16. The van der Waals surface area contributed by atoms with Crippen LogP contribution in [0.5, 0.6) is 0 Å². The molecule has 0 amide bonds. The van der Waals surface area contributed by atoms with Gasteiger partial charge in [-0.25, -0.2) is 4.39 Å². The Bertz CT molecular complexity index is 529. The monoisotopic (exact) mass is 304 g/mol. The molecule has 1 atom stereocenters. The first kappa shape index (κ1) is 14.5. The van der Waals surface area contributed by atoms with Gasteiger partial charge in [0.05, 0.1) is 11.4 Å². The van der Waals surface area contributed by atoms with Gasteiger partial charge in [-0.15, -0.1) is 0 Å². The van der Waals surface area contributed by atoms with Gasteiger partial charge in [0, 0.05) is 22.3 Å². The molecule has 1 saturated carbocycles. The van der Waals surface area contributed by atoms with Crippen LogP contribution in [0.2, 0.25) is 5.02 Å². The zero-order chi connectivity index (χ0) is 14.0. The summed E-state index contributed by atoms with van der Waals surface area (Å²) in [6.07, 6.45) is 1.67. The van der Waals surface area contributed by atoms with Gasteiger partial charge in [-0.3, -0.25) is 9.00 Å². The number of hydrogen-bond donors (Lipinski definition) is 1. The van der Waals surface area contributed by atoms with Crippen LogP contribution in [0.3, 0.4) is 0 Å². The van der Waals surface area contributed by atoms with E-state index in [-0.39, 0.29) is 22.6 Å². The van der Waals surface area contributed by atoms with Crippen molar-refractivity contribution in [3.05, 3.63) is 34.6 Å². The molecule has 1 fully saturated rings. The zero-order valence-corrected chi connectivity index (χ0v) is 11.8. The summed E-state index contributed by atoms with van der Waals surface area (Å²) >= 11 is 5.57. The SMILES string of the molecule is O=C(O)CC1(CS(=O)Cc2ccc(Cl)c(F)c2)CC1. The largest absolute Gasteiger partial charge is 0.481 e. The predicted molar refractivity (Wildman–Crippen MR) is 72.0 cm³/mol. The second-order valence-corrected chi connectivity index (χ2v) is 6.91. The highest BCUT2D eigenvalue weighted by atomic mass is 35.5. The fraction of sp³-hybridized carbons (Fsp3) is 0.462. The number of hydrogen-bond acceptors (Lipinski definition) is 2. The molecule has 104 valence electrons. The molecule has 0 heterocycles. The molecule has 1 aromatic rings. The van der Waals surface area contributed by atoms with Crippen LogP contribution < -0.4 is 0 Å². The number of aliphatic carboxylic acids is 1. The minimum absolute atomic E-state index is 0.0408. The van der Waals surface area contributed by atoms with Crippen LogP contribution >= 0.6 is 11.6 Å². The van der Waals surface area contributed by atoms with E-state index >= 15 is 0 Å². The van der Waals surface area contributed by atoms with E-state index in [1.807, 2.05) is 0 Å². The van der Waals surface area contributed by atoms with Crippen molar-refractivity contribution in [1.82, 2.24) is 0 Å². The molecule has 1 aliphatic rings. The van der Waals surface area contributed by atoms with Gasteiger partial charge in [0.1, 0.15) is 5.82 Å². The van der Waals surface area contributed by atoms with E-state index < -0.39 is 22.6 Å². The lowest BCUT2D eigenvalue weighted by molar-refractivity contribution is -0.138. The summed E-state index contributed by atoms with van der Waals surface area (Å²) in [4.78, 5) is 10.7. The Morgan fingerprint density at radius 3 is 2.68 bits per heavy atom.